The van der Waals surface area contributed by atoms with Gasteiger partial charge in [-0.15, -0.1) is 0 Å². The van der Waals surface area contributed by atoms with Crippen molar-refractivity contribution in [3.05, 3.63) is 0 Å². The van der Waals surface area contributed by atoms with Crippen LogP contribution < -0.4 is 0 Å². The van der Waals surface area contributed by atoms with Crippen LogP contribution in [-0.2, 0) is 0 Å². The molecule has 0 aromatic heterocycles. The number of hydrogen-bond donors (Lipinski definition) is 1. The molecule has 1 saturated heterocycles. The smallest absolute Gasteiger partial charge is 0.0718 e. The second-order valence-corrected chi connectivity index (χ2v) is 7.41. The van der Waals surface area contributed by atoms with Gasteiger partial charge in [0.1, 0.15) is 0 Å². The third-order valence-corrected chi connectivity index (χ3v) is 4.40. The molecule has 0 amide bonds. The first kappa shape index (κ1) is 18.9. The molecule has 0 aromatic carbocycles. The zero-order chi connectivity index (χ0) is 15.6. The SMILES string of the molecule is CCCCCCCCCCN1CCN(CC(C)(C)O)CC1. The van der Waals surface area contributed by atoms with E-state index >= 15 is 0 Å². The molecule has 0 aromatic rings. The molecule has 126 valence electrons. The number of nitrogens with zero attached hydrogens (tertiary/aromatic N) is 2. The number of piperazine rings is 1. The fourth-order valence-electron chi connectivity index (χ4n) is 3.19. The fourth-order valence-corrected chi connectivity index (χ4v) is 3.19. The molecule has 1 aliphatic heterocycles. The highest BCUT2D eigenvalue weighted by Crippen LogP contribution is 2.11. The van der Waals surface area contributed by atoms with Gasteiger partial charge in [0.15, 0.2) is 0 Å². The van der Waals surface area contributed by atoms with Gasteiger partial charge in [-0.3, -0.25) is 4.90 Å². The van der Waals surface area contributed by atoms with Crippen LogP contribution >= 0.6 is 0 Å². The summed E-state index contributed by atoms with van der Waals surface area (Å²) in [6.45, 7) is 12.7. The van der Waals surface area contributed by atoms with Gasteiger partial charge < -0.3 is 10.0 Å². The first-order valence-corrected chi connectivity index (χ1v) is 9.18. The molecule has 0 unspecified atom stereocenters. The summed E-state index contributed by atoms with van der Waals surface area (Å²) in [7, 11) is 0. The van der Waals surface area contributed by atoms with Crippen LogP contribution in [0.25, 0.3) is 0 Å². The predicted molar refractivity (Wildman–Crippen MR) is 91.8 cm³/mol. The summed E-state index contributed by atoms with van der Waals surface area (Å²) < 4.78 is 0. The maximum Gasteiger partial charge on any atom is 0.0718 e. The zero-order valence-electron chi connectivity index (χ0n) is 14.7. The van der Waals surface area contributed by atoms with Gasteiger partial charge in [0, 0.05) is 32.7 Å². The van der Waals surface area contributed by atoms with Crippen molar-refractivity contribution in [3.8, 4) is 0 Å². The molecule has 3 nitrogen and oxygen atoms in total. The van der Waals surface area contributed by atoms with Crippen molar-refractivity contribution < 1.29 is 5.11 Å². The van der Waals surface area contributed by atoms with Gasteiger partial charge in [-0.25, -0.2) is 0 Å². The van der Waals surface area contributed by atoms with Crippen molar-refractivity contribution in [2.75, 3.05) is 39.3 Å². The summed E-state index contributed by atoms with van der Waals surface area (Å²) in [6, 6.07) is 0. The second-order valence-electron chi connectivity index (χ2n) is 7.41. The van der Waals surface area contributed by atoms with Gasteiger partial charge in [-0.05, 0) is 26.8 Å². The highest BCUT2D eigenvalue weighted by molar-refractivity contribution is 4.77. The Labute approximate surface area is 132 Å². The molecule has 1 N–H and O–H groups in total. The molecule has 0 atom stereocenters. The first-order chi connectivity index (χ1) is 10.0. The van der Waals surface area contributed by atoms with Crippen LogP contribution in [0.15, 0.2) is 0 Å². The molecular formula is C18H38N2O. The topological polar surface area (TPSA) is 26.7 Å². The Morgan fingerprint density at radius 2 is 1.24 bits per heavy atom. The van der Waals surface area contributed by atoms with Crippen molar-refractivity contribution in [2.45, 2.75) is 77.7 Å². The third-order valence-electron chi connectivity index (χ3n) is 4.40. The normalized spacial score (nSPS) is 18.3. The van der Waals surface area contributed by atoms with Gasteiger partial charge in [0.25, 0.3) is 0 Å². The third kappa shape index (κ3) is 10.3. The molecule has 1 heterocycles. The van der Waals surface area contributed by atoms with Crippen LogP contribution in [-0.4, -0.2) is 59.8 Å². The van der Waals surface area contributed by atoms with E-state index in [1.165, 1.54) is 71.0 Å². The Hall–Kier alpha value is -0.120. The van der Waals surface area contributed by atoms with Gasteiger partial charge in [-0.2, -0.15) is 0 Å². The van der Waals surface area contributed by atoms with E-state index in [2.05, 4.69) is 16.7 Å². The summed E-state index contributed by atoms with van der Waals surface area (Å²) in [4.78, 5) is 4.99. The maximum absolute atomic E-state index is 9.86. The molecule has 1 rings (SSSR count). The van der Waals surface area contributed by atoms with E-state index in [1.807, 2.05) is 13.8 Å². The van der Waals surface area contributed by atoms with Crippen LogP contribution in [0.5, 0.6) is 0 Å². The van der Waals surface area contributed by atoms with Gasteiger partial charge in [-0.1, -0.05) is 51.9 Å². The van der Waals surface area contributed by atoms with Gasteiger partial charge in [0.05, 0.1) is 5.60 Å². The van der Waals surface area contributed by atoms with Crippen molar-refractivity contribution in [3.63, 3.8) is 0 Å². The van der Waals surface area contributed by atoms with Crippen molar-refractivity contribution in [2.24, 2.45) is 0 Å². The van der Waals surface area contributed by atoms with Crippen LogP contribution in [0.1, 0.15) is 72.1 Å². The van der Waals surface area contributed by atoms with E-state index in [0.29, 0.717) is 0 Å². The minimum Gasteiger partial charge on any atom is -0.389 e. The lowest BCUT2D eigenvalue weighted by atomic mass is 10.1. The maximum atomic E-state index is 9.86. The molecule has 1 fully saturated rings. The summed E-state index contributed by atoms with van der Waals surface area (Å²) in [6.07, 6.45) is 11.2. The summed E-state index contributed by atoms with van der Waals surface area (Å²) >= 11 is 0. The van der Waals surface area contributed by atoms with E-state index in [1.54, 1.807) is 0 Å². The van der Waals surface area contributed by atoms with E-state index in [4.69, 9.17) is 0 Å². The van der Waals surface area contributed by atoms with Crippen molar-refractivity contribution in [1.29, 1.82) is 0 Å². The minimum atomic E-state index is -0.556. The molecule has 0 radical (unpaired) electrons. The lowest BCUT2D eigenvalue weighted by molar-refractivity contribution is 0.0176. The van der Waals surface area contributed by atoms with Crippen molar-refractivity contribution in [1.82, 2.24) is 9.80 Å². The van der Waals surface area contributed by atoms with Gasteiger partial charge >= 0.3 is 0 Å². The average molecular weight is 299 g/mol. The number of β-amino-alcohol motifs (C(OH)–C–C–N with tert-alkyl or cyclic N) is 1. The Morgan fingerprint density at radius 1 is 0.762 bits per heavy atom. The molecule has 0 bridgehead atoms. The molecule has 0 aliphatic carbocycles. The van der Waals surface area contributed by atoms with Crippen LogP contribution in [0.2, 0.25) is 0 Å². The Balaban J connectivity index is 1.94. The molecule has 1 aliphatic rings. The molecular weight excluding hydrogens is 260 g/mol. The summed E-state index contributed by atoms with van der Waals surface area (Å²) in [5, 5.41) is 9.86. The highest BCUT2D eigenvalue weighted by Gasteiger charge is 2.22. The number of aliphatic hydroxyl groups is 1. The minimum absolute atomic E-state index is 0.556. The Kier molecular flexibility index (Phi) is 9.54. The Morgan fingerprint density at radius 3 is 1.76 bits per heavy atom. The largest absolute Gasteiger partial charge is 0.389 e. The van der Waals surface area contributed by atoms with E-state index in [0.717, 1.165) is 19.6 Å². The summed E-state index contributed by atoms with van der Waals surface area (Å²) in [5.41, 5.74) is -0.556. The number of rotatable bonds is 11. The molecule has 0 saturated carbocycles. The Bertz CT molecular complexity index is 242. The van der Waals surface area contributed by atoms with Crippen LogP contribution in [0.3, 0.4) is 0 Å². The van der Waals surface area contributed by atoms with E-state index in [9.17, 15) is 5.11 Å². The number of hydrogen-bond acceptors (Lipinski definition) is 3. The first-order valence-electron chi connectivity index (χ1n) is 9.18. The van der Waals surface area contributed by atoms with Crippen LogP contribution in [0.4, 0.5) is 0 Å². The highest BCUT2D eigenvalue weighted by atomic mass is 16.3. The number of unbranched alkanes of at least 4 members (excludes halogenated alkanes) is 7. The van der Waals surface area contributed by atoms with Gasteiger partial charge in [0.2, 0.25) is 0 Å². The fraction of sp³-hybridized carbons (Fsp3) is 1.00. The zero-order valence-corrected chi connectivity index (χ0v) is 14.7. The lowest BCUT2D eigenvalue weighted by Crippen LogP contribution is -2.50. The van der Waals surface area contributed by atoms with E-state index in [-0.39, 0.29) is 0 Å². The predicted octanol–water partition coefficient (Wildman–Crippen LogP) is 3.52. The quantitative estimate of drug-likeness (QED) is 0.591. The molecule has 0 spiro atoms. The lowest BCUT2D eigenvalue weighted by Gasteiger charge is -2.37. The van der Waals surface area contributed by atoms with Crippen molar-refractivity contribution >= 4 is 0 Å². The monoisotopic (exact) mass is 298 g/mol. The molecule has 21 heavy (non-hydrogen) atoms. The summed E-state index contributed by atoms with van der Waals surface area (Å²) in [5.74, 6) is 0. The average Bonchev–Trinajstić information content (AvgIpc) is 2.42. The van der Waals surface area contributed by atoms with Crippen LogP contribution in [0, 0.1) is 0 Å². The second kappa shape index (κ2) is 10.6. The van der Waals surface area contributed by atoms with E-state index < -0.39 is 5.60 Å². The molecule has 3 heteroatoms. The standard InChI is InChI=1S/C18H38N2O/c1-4-5-6-7-8-9-10-11-12-19-13-15-20(16-14-19)17-18(2,3)21/h21H,4-17H2,1-3H3.